The predicted octanol–water partition coefficient (Wildman–Crippen LogP) is 1.39. The molecule has 0 amide bonds. The number of nitrogen functional groups attached to an aromatic ring is 1. The van der Waals surface area contributed by atoms with Crippen LogP contribution in [0.15, 0.2) is 12.7 Å². The number of rotatable bonds is 12. The molecule has 32 heavy (non-hydrogen) atoms. The van der Waals surface area contributed by atoms with E-state index < -0.39 is 43.6 Å². The molecule has 3 unspecified atom stereocenters. The van der Waals surface area contributed by atoms with Crippen LogP contribution in [0.3, 0.4) is 0 Å². The molecule has 2 aromatic heterocycles. The predicted molar refractivity (Wildman–Crippen MR) is 115 cm³/mol. The van der Waals surface area contributed by atoms with Crippen LogP contribution in [-0.2, 0) is 34.7 Å². The fourth-order valence-electron chi connectivity index (χ4n) is 2.71. The Bertz CT molecular complexity index is 1010. The Balaban J connectivity index is 2.13. The second-order valence-electron chi connectivity index (χ2n) is 7.65. The molecule has 14 heteroatoms. The highest BCUT2D eigenvalue weighted by atomic mass is 31.2. The lowest BCUT2D eigenvalue weighted by Crippen LogP contribution is -2.46. The number of nitrogens with two attached hydrogens (primary N) is 1. The molecule has 0 fully saturated rings. The van der Waals surface area contributed by atoms with Gasteiger partial charge >= 0.3 is 11.9 Å². The van der Waals surface area contributed by atoms with Gasteiger partial charge in [-0.2, -0.15) is 0 Å². The van der Waals surface area contributed by atoms with Gasteiger partial charge in [0.2, 0.25) is 0 Å². The van der Waals surface area contributed by atoms with E-state index in [-0.39, 0.29) is 19.0 Å². The van der Waals surface area contributed by atoms with E-state index in [1.807, 2.05) is 0 Å². The number of carbonyl (C=O) groups is 2. The molecule has 0 radical (unpaired) electrons. The molecule has 0 bridgehead atoms. The van der Waals surface area contributed by atoms with E-state index in [2.05, 4.69) is 20.0 Å². The van der Waals surface area contributed by atoms with Gasteiger partial charge in [-0.1, -0.05) is 0 Å². The number of esters is 1. The zero-order valence-corrected chi connectivity index (χ0v) is 19.5. The number of ether oxygens (including phenoxy) is 2. The van der Waals surface area contributed by atoms with Gasteiger partial charge in [0.1, 0.15) is 23.7 Å². The van der Waals surface area contributed by atoms with Crippen molar-refractivity contribution in [1.82, 2.24) is 24.6 Å². The molecule has 0 spiro atoms. The van der Waals surface area contributed by atoms with Crippen LogP contribution >= 0.6 is 7.52 Å². The molecule has 2 aromatic rings. The lowest BCUT2D eigenvalue weighted by Gasteiger charge is -2.30. The number of aliphatic carboxylic acids is 1. The van der Waals surface area contributed by atoms with Crippen molar-refractivity contribution in [2.45, 2.75) is 58.9 Å². The molecule has 0 aromatic carbocycles. The molecule has 2 heterocycles. The molecule has 2 rings (SSSR count). The molecular weight excluding hydrogens is 443 g/mol. The van der Waals surface area contributed by atoms with E-state index in [4.69, 9.17) is 19.7 Å². The van der Waals surface area contributed by atoms with Gasteiger partial charge < -0.3 is 29.4 Å². The summed E-state index contributed by atoms with van der Waals surface area (Å²) in [5.41, 5.74) is 5.13. The first-order chi connectivity index (χ1) is 14.9. The van der Waals surface area contributed by atoms with Crippen LogP contribution in [0.25, 0.3) is 11.2 Å². The normalized spacial score (nSPS) is 15.8. The Hall–Kier alpha value is -2.60. The van der Waals surface area contributed by atoms with Crippen molar-refractivity contribution in [3.63, 3.8) is 0 Å². The van der Waals surface area contributed by atoms with Crippen molar-refractivity contribution in [2.24, 2.45) is 0 Å². The molecule has 4 N–H and O–H groups in total. The van der Waals surface area contributed by atoms with Crippen molar-refractivity contribution in [2.75, 3.05) is 18.7 Å². The molecule has 3 atom stereocenters. The van der Waals surface area contributed by atoms with Crippen LogP contribution in [0.2, 0.25) is 0 Å². The summed E-state index contributed by atoms with van der Waals surface area (Å²) in [7, 11) is -3.95. The van der Waals surface area contributed by atoms with Crippen molar-refractivity contribution < 1.29 is 33.3 Å². The average Bonchev–Trinajstić information content (AvgIpc) is 3.10. The Labute approximate surface area is 185 Å². The van der Waals surface area contributed by atoms with E-state index in [0.717, 1.165) is 0 Å². The number of hydrogen-bond acceptors (Lipinski definition) is 10. The minimum absolute atomic E-state index is 0.116. The van der Waals surface area contributed by atoms with E-state index in [1.54, 1.807) is 18.4 Å². The van der Waals surface area contributed by atoms with Gasteiger partial charge in [0, 0.05) is 0 Å². The number of nitrogens with zero attached hydrogens (tertiary/aromatic N) is 4. The topological polar surface area (TPSA) is 181 Å². The third kappa shape index (κ3) is 6.45. The molecule has 0 aliphatic heterocycles. The van der Waals surface area contributed by atoms with Crippen LogP contribution in [0.4, 0.5) is 5.82 Å². The van der Waals surface area contributed by atoms with E-state index >= 15 is 0 Å². The molecule has 13 nitrogen and oxygen atoms in total. The number of fused-ring (bicyclic) bond motifs is 1. The van der Waals surface area contributed by atoms with Gasteiger partial charge in [0.05, 0.1) is 25.6 Å². The van der Waals surface area contributed by atoms with Crippen molar-refractivity contribution in [3.8, 4) is 0 Å². The molecule has 178 valence electrons. The number of carboxylic acids is 1. The third-order valence-corrected chi connectivity index (χ3v) is 6.39. The van der Waals surface area contributed by atoms with Crippen LogP contribution < -0.4 is 10.8 Å². The first kappa shape index (κ1) is 25.7. The minimum Gasteiger partial charge on any atom is -0.480 e. The number of anilines is 1. The highest BCUT2D eigenvalue weighted by molar-refractivity contribution is 7.56. The summed E-state index contributed by atoms with van der Waals surface area (Å²) in [6.45, 7) is 7.76. The maximum Gasteiger partial charge on any atom is 0.335 e. The van der Waals surface area contributed by atoms with E-state index in [9.17, 15) is 19.3 Å². The highest BCUT2D eigenvalue weighted by Crippen LogP contribution is 2.46. The molecule has 0 saturated carbocycles. The van der Waals surface area contributed by atoms with Gasteiger partial charge in [0.25, 0.3) is 7.52 Å². The second kappa shape index (κ2) is 10.3. The Morgan fingerprint density at radius 3 is 2.62 bits per heavy atom. The Kier molecular flexibility index (Phi) is 8.29. The number of carboxylic acid groups (broad SMARTS) is 1. The first-order valence-corrected chi connectivity index (χ1v) is 11.7. The molecule has 0 saturated heterocycles. The Morgan fingerprint density at radius 1 is 1.31 bits per heavy atom. The zero-order chi connectivity index (χ0) is 24.1. The van der Waals surface area contributed by atoms with Gasteiger partial charge in [-0.05, 0) is 34.6 Å². The van der Waals surface area contributed by atoms with Crippen LogP contribution in [0.5, 0.6) is 0 Å². The number of aromatic nitrogens is 4. The molecular formula is C18H29N6O7P. The van der Waals surface area contributed by atoms with Crippen LogP contribution in [-0.4, -0.2) is 67.3 Å². The van der Waals surface area contributed by atoms with E-state index in [0.29, 0.717) is 11.2 Å². The first-order valence-electron chi connectivity index (χ1n) is 9.88. The summed E-state index contributed by atoms with van der Waals surface area (Å²) < 4.78 is 31.1. The van der Waals surface area contributed by atoms with Gasteiger partial charge in [0.15, 0.2) is 17.6 Å². The largest absolute Gasteiger partial charge is 0.480 e. The zero-order valence-electron chi connectivity index (χ0n) is 18.6. The summed E-state index contributed by atoms with van der Waals surface area (Å²) >= 11 is 0. The van der Waals surface area contributed by atoms with Crippen LogP contribution in [0, 0.1) is 0 Å². The van der Waals surface area contributed by atoms with Crippen molar-refractivity contribution >= 4 is 36.4 Å². The van der Waals surface area contributed by atoms with E-state index in [1.165, 1.54) is 33.4 Å². The SMILES string of the molecule is CCOC(=O)C(C)OP(=O)(COC(C)Cn1cnc2c(N)ncnc21)NC(C)(C)C(=O)O. The monoisotopic (exact) mass is 472 g/mol. The molecule has 0 aliphatic carbocycles. The Morgan fingerprint density at radius 2 is 2.00 bits per heavy atom. The van der Waals surface area contributed by atoms with Gasteiger partial charge in [-0.3, -0.25) is 9.36 Å². The fourth-order valence-corrected chi connectivity index (χ4v) is 4.88. The van der Waals surface area contributed by atoms with Crippen molar-refractivity contribution in [3.05, 3.63) is 12.7 Å². The summed E-state index contributed by atoms with van der Waals surface area (Å²) in [5, 5.41) is 11.9. The second-order valence-corrected chi connectivity index (χ2v) is 9.69. The smallest absolute Gasteiger partial charge is 0.335 e. The number of hydrogen-bond donors (Lipinski definition) is 3. The summed E-state index contributed by atoms with van der Waals surface area (Å²) in [4.78, 5) is 35.7. The number of imidazole rings is 1. The third-order valence-electron chi connectivity index (χ3n) is 4.34. The van der Waals surface area contributed by atoms with Gasteiger partial charge in [-0.15, -0.1) is 0 Å². The minimum atomic E-state index is -3.95. The average molecular weight is 472 g/mol. The summed E-state index contributed by atoms with van der Waals surface area (Å²) in [5.74, 6) is -1.73. The summed E-state index contributed by atoms with van der Waals surface area (Å²) in [6.07, 6.45) is 0.652. The fraction of sp³-hybridized carbons (Fsp3) is 0.611. The lowest BCUT2D eigenvalue weighted by atomic mass is 10.1. The highest BCUT2D eigenvalue weighted by Gasteiger charge is 2.39. The van der Waals surface area contributed by atoms with Crippen LogP contribution in [0.1, 0.15) is 34.6 Å². The lowest BCUT2D eigenvalue weighted by molar-refractivity contribution is -0.150. The standard InChI is InChI=1S/C18H29N6O7P/c1-6-29-16(25)12(3)31-32(28,23-18(4,5)17(26)27)10-30-11(2)7-24-9-22-13-14(19)20-8-21-15(13)24/h8-9,11-12H,6-7,10H2,1-5H3,(H,23,28)(H,26,27)(H2,19,20,21). The number of carbonyl (C=O) groups excluding carboxylic acids is 1. The maximum absolute atomic E-state index is 13.4. The maximum atomic E-state index is 13.4. The van der Waals surface area contributed by atoms with Crippen molar-refractivity contribution in [1.29, 1.82) is 0 Å². The van der Waals surface area contributed by atoms with Gasteiger partial charge in [-0.25, -0.2) is 24.8 Å². The molecule has 0 aliphatic rings. The summed E-state index contributed by atoms with van der Waals surface area (Å²) in [6, 6.07) is 0. The quantitative estimate of drug-likeness (QED) is 0.299. The number of nitrogens with one attached hydrogen (secondary N) is 1.